The number of hydrogen-bond acceptors (Lipinski definition) is 3. The molecule has 0 saturated heterocycles. The van der Waals surface area contributed by atoms with Crippen LogP contribution < -0.4 is 4.74 Å². The zero-order chi connectivity index (χ0) is 12.4. The van der Waals surface area contributed by atoms with E-state index in [1.54, 1.807) is 18.2 Å². The molecule has 0 aliphatic heterocycles. The quantitative estimate of drug-likeness (QED) is 0.876. The van der Waals surface area contributed by atoms with Gasteiger partial charge in [-0.3, -0.25) is 0 Å². The minimum absolute atomic E-state index is 0.317. The summed E-state index contributed by atoms with van der Waals surface area (Å²) in [5.74, 6) is -0.0559. The van der Waals surface area contributed by atoms with Crippen molar-refractivity contribution in [2.75, 3.05) is 6.61 Å². The highest BCUT2D eigenvalue weighted by Gasteiger charge is 2.22. The molecule has 1 aromatic rings. The Balaban J connectivity index is 2.12. The molecule has 0 aromatic heterocycles. The van der Waals surface area contributed by atoms with Crippen molar-refractivity contribution in [2.24, 2.45) is 5.92 Å². The van der Waals surface area contributed by atoms with E-state index >= 15 is 0 Å². The van der Waals surface area contributed by atoms with Crippen LogP contribution in [0.3, 0.4) is 0 Å². The second kappa shape index (κ2) is 5.06. The van der Waals surface area contributed by atoms with Gasteiger partial charge in [0.25, 0.3) is 0 Å². The number of ether oxygens (including phenoxy) is 1. The van der Waals surface area contributed by atoms with E-state index in [0.717, 1.165) is 0 Å². The van der Waals surface area contributed by atoms with E-state index in [1.165, 1.54) is 12.8 Å². The Morgan fingerprint density at radius 2 is 2.18 bits per heavy atom. The Morgan fingerprint density at radius 1 is 1.47 bits per heavy atom. The summed E-state index contributed by atoms with van der Waals surface area (Å²) in [6.45, 7) is 0.652. The van der Waals surface area contributed by atoms with Crippen LogP contribution in [0.5, 0.6) is 5.75 Å². The van der Waals surface area contributed by atoms with Gasteiger partial charge in [0.15, 0.2) is 6.10 Å². The first-order valence-electron chi connectivity index (χ1n) is 5.40. The van der Waals surface area contributed by atoms with Crippen molar-refractivity contribution in [1.82, 2.24) is 0 Å². The number of aliphatic hydroxyl groups is 1. The van der Waals surface area contributed by atoms with Crippen LogP contribution in [0.25, 0.3) is 0 Å². The Hall–Kier alpha value is -1.07. The highest BCUT2D eigenvalue weighted by Crippen LogP contribution is 2.31. The van der Waals surface area contributed by atoms with Gasteiger partial charge in [0, 0.05) is 4.47 Å². The van der Waals surface area contributed by atoms with Crippen LogP contribution in [0.2, 0.25) is 0 Å². The highest BCUT2D eigenvalue weighted by molar-refractivity contribution is 9.10. The van der Waals surface area contributed by atoms with Crippen LogP contribution >= 0.6 is 15.9 Å². The van der Waals surface area contributed by atoms with Gasteiger partial charge >= 0.3 is 5.97 Å². The molecule has 1 saturated carbocycles. The lowest BCUT2D eigenvalue weighted by atomic mass is 10.1. The number of carboxylic acid groups (broad SMARTS) is 1. The first-order valence-corrected chi connectivity index (χ1v) is 6.19. The van der Waals surface area contributed by atoms with E-state index in [1.807, 2.05) is 0 Å². The number of carboxylic acids is 1. The lowest BCUT2D eigenvalue weighted by Gasteiger charge is -2.10. The Morgan fingerprint density at radius 3 is 2.76 bits per heavy atom. The van der Waals surface area contributed by atoms with Crippen LogP contribution in [-0.4, -0.2) is 22.8 Å². The summed E-state index contributed by atoms with van der Waals surface area (Å²) in [4.78, 5) is 10.7. The maximum Gasteiger partial charge on any atom is 0.337 e. The molecule has 4 nitrogen and oxygen atoms in total. The van der Waals surface area contributed by atoms with Crippen molar-refractivity contribution in [1.29, 1.82) is 0 Å². The summed E-state index contributed by atoms with van der Waals surface area (Å²) in [5.41, 5.74) is 0.317. The second-order valence-corrected chi connectivity index (χ2v) is 5.13. The lowest BCUT2D eigenvalue weighted by Crippen LogP contribution is -2.10. The molecule has 0 amide bonds. The summed E-state index contributed by atoms with van der Waals surface area (Å²) in [6, 6.07) is 4.90. The summed E-state index contributed by atoms with van der Waals surface area (Å²) in [7, 11) is 0. The third kappa shape index (κ3) is 3.44. The van der Waals surface area contributed by atoms with Gasteiger partial charge < -0.3 is 14.9 Å². The molecule has 0 spiro atoms. The zero-order valence-corrected chi connectivity index (χ0v) is 10.7. The molecular formula is C12H13BrO4. The van der Waals surface area contributed by atoms with Gasteiger partial charge in [0.05, 0.1) is 6.61 Å². The molecule has 0 bridgehead atoms. The normalized spacial score (nSPS) is 16.6. The van der Waals surface area contributed by atoms with Gasteiger partial charge in [-0.25, -0.2) is 4.79 Å². The van der Waals surface area contributed by atoms with Crippen molar-refractivity contribution in [3.63, 3.8) is 0 Å². The van der Waals surface area contributed by atoms with E-state index in [0.29, 0.717) is 28.3 Å². The van der Waals surface area contributed by atoms with Crippen molar-refractivity contribution in [2.45, 2.75) is 18.9 Å². The molecule has 1 aliphatic rings. The average molecular weight is 301 g/mol. The number of hydrogen-bond donors (Lipinski definition) is 2. The van der Waals surface area contributed by atoms with Gasteiger partial charge in [-0.15, -0.1) is 0 Å². The molecule has 5 heteroatoms. The Kier molecular flexibility index (Phi) is 3.69. The van der Waals surface area contributed by atoms with Gasteiger partial charge in [-0.05, 0) is 42.5 Å². The number of carbonyl (C=O) groups is 1. The molecule has 1 aromatic carbocycles. The monoisotopic (exact) mass is 300 g/mol. The zero-order valence-electron chi connectivity index (χ0n) is 9.10. The van der Waals surface area contributed by atoms with Crippen LogP contribution in [-0.2, 0) is 4.79 Å². The third-order valence-electron chi connectivity index (χ3n) is 2.63. The maximum absolute atomic E-state index is 10.7. The summed E-state index contributed by atoms with van der Waals surface area (Å²) >= 11 is 3.27. The van der Waals surface area contributed by atoms with E-state index in [-0.39, 0.29) is 0 Å². The average Bonchev–Trinajstić information content (AvgIpc) is 3.08. The summed E-state index contributed by atoms with van der Waals surface area (Å²) in [6.07, 6.45) is 0.868. The van der Waals surface area contributed by atoms with E-state index in [9.17, 15) is 9.90 Å². The molecule has 92 valence electrons. The number of aliphatic hydroxyl groups excluding tert-OH is 1. The van der Waals surface area contributed by atoms with Crippen molar-refractivity contribution < 1.29 is 19.7 Å². The van der Waals surface area contributed by atoms with Gasteiger partial charge in [0.2, 0.25) is 0 Å². The van der Waals surface area contributed by atoms with Crippen LogP contribution in [0.15, 0.2) is 22.7 Å². The smallest absolute Gasteiger partial charge is 0.337 e. The van der Waals surface area contributed by atoms with Crippen LogP contribution in [0.4, 0.5) is 0 Å². The predicted molar refractivity (Wildman–Crippen MR) is 65.0 cm³/mol. The van der Waals surface area contributed by atoms with Crippen LogP contribution in [0, 0.1) is 5.92 Å². The minimum Gasteiger partial charge on any atom is -0.493 e. The SMILES string of the molecule is O=C(O)C(O)c1cc(Br)cc(OCC2CC2)c1. The van der Waals surface area contributed by atoms with Gasteiger partial charge in [0.1, 0.15) is 5.75 Å². The first kappa shape index (κ1) is 12.4. The predicted octanol–water partition coefficient (Wildman–Crippen LogP) is 2.36. The van der Waals surface area contributed by atoms with E-state index < -0.39 is 12.1 Å². The fraction of sp³-hybridized carbons (Fsp3) is 0.417. The molecular weight excluding hydrogens is 288 g/mol. The highest BCUT2D eigenvalue weighted by atomic mass is 79.9. The molecule has 0 radical (unpaired) electrons. The number of rotatable bonds is 5. The molecule has 0 heterocycles. The first-order chi connectivity index (χ1) is 8.06. The third-order valence-corrected chi connectivity index (χ3v) is 3.08. The van der Waals surface area contributed by atoms with Gasteiger partial charge in [-0.2, -0.15) is 0 Å². The van der Waals surface area contributed by atoms with E-state index in [2.05, 4.69) is 15.9 Å². The fourth-order valence-electron chi connectivity index (χ4n) is 1.47. The van der Waals surface area contributed by atoms with Crippen molar-refractivity contribution in [3.8, 4) is 5.75 Å². The Labute approximate surface area is 107 Å². The minimum atomic E-state index is -1.52. The molecule has 1 atom stereocenters. The summed E-state index contributed by atoms with van der Waals surface area (Å²) < 4.78 is 6.24. The topological polar surface area (TPSA) is 66.8 Å². The molecule has 2 rings (SSSR count). The van der Waals surface area contributed by atoms with Crippen LogP contribution in [0.1, 0.15) is 24.5 Å². The molecule has 2 N–H and O–H groups in total. The van der Waals surface area contributed by atoms with Crippen molar-refractivity contribution in [3.05, 3.63) is 28.2 Å². The largest absolute Gasteiger partial charge is 0.493 e. The van der Waals surface area contributed by atoms with Gasteiger partial charge in [-0.1, -0.05) is 15.9 Å². The summed E-state index contributed by atoms with van der Waals surface area (Å²) in [5, 5.41) is 18.2. The number of aliphatic carboxylic acids is 1. The fourth-order valence-corrected chi connectivity index (χ4v) is 1.96. The number of benzene rings is 1. The molecule has 1 aliphatic carbocycles. The maximum atomic E-state index is 10.7. The standard InChI is InChI=1S/C12H13BrO4/c13-9-3-8(11(14)12(15)16)4-10(5-9)17-6-7-1-2-7/h3-5,7,11,14H,1-2,6H2,(H,15,16). The molecule has 17 heavy (non-hydrogen) atoms. The number of halogens is 1. The molecule has 1 fully saturated rings. The molecule has 1 unspecified atom stereocenters. The lowest BCUT2D eigenvalue weighted by molar-refractivity contribution is -0.146. The van der Waals surface area contributed by atoms with E-state index in [4.69, 9.17) is 9.84 Å². The Bertz CT molecular complexity index is 429. The van der Waals surface area contributed by atoms with Crippen molar-refractivity contribution >= 4 is 21.9 Å². The second-order valence-electron chi connectivity index (χ2n) is 4.22.